The summed E-state index contributed by atoms with van der Waals surface area (Å²) in [5.74, 6) is 0.505. The van der Waals surface area contributed by atoms with Crippen LogP contribution >= 0.6 is 0 Å². The molecule has 1 saturated carbocycles. The van der Waals surface area contributed by atoms with Gasteiger partial charge in [-0.1, -0.05) is 19.1 Å². The molecule has 2 rings (SSSR count). The summed E-state index contributed by atoms with van der Waals surface area (Å²) in [5.41, 5.74) is 6.95. The minimum absolute atomic E-state index is 0.0529. The number of hydrogen-bond donors (Lipinski definition) is 2. The number of nitrogens with zero attached hydrogens (tertiary/aromatic N) is 3. The molecule has 0 amide bonds. The van der Waals surface area contributed by atoms with Crippen molar-refractivity contribution in [2.45, 2.75) is 52.3 Å². The zero-order valence-corrected chi connectivity index (χ0v) is 10.8. The molecule has 1 aliphatic rings. The Kier molecular flexibility index (Phi) is 2.99. The van der Waals surface area contributed by atoms with Gasteiger partial charge in [-0.3, -0.25) is 4.68 Å². The third-order valence-corrected chi connectivity index (χ3v) is 4.66. The summed E-state index contributed by atoms with van der Waals surface area (Å²) in [6, 6.07) is 0. The van der Waals surface area contributed by atoms with Crippen molar-refractivity contribution in [3.63, 3.8) is 0 Å². The first-order valence-electron chi connectivity index (χ1n) is 6.15. The number of aliphatic hydroxyl groups is 1. The normalized spacial score (nSPS) is 31.9. The van der Waals surface area contributed by atoms with Gasteiger partial charge in [-0.15, -0.1) is 5.10 Å². The van der Waals surface area contributed by atoms with Gasteiger partial charge < -0.3 is 10.8 Å². The van der Waals surface area contributed by atoms with Gasteiger partial charge in [0.25, 0.3) is 0 Å². The molecule has 0 spiro atoms. The van der Waals surface area contributed by atoms with Gasteiger partial charge in [0.1, 0.15) is 5.69 Å². The molecule has 1 fully saturated rings. The Hall–Kier alpha value is -0.940. The molecule has 0 unspecified atom stereocenters. The van der Waals surface area contributed by atoms with Crippen LogP contribution in [0.4, 0.5) is 0 Å². The van der Waals surface area contributed by atoms with Gasteiger partial charge in [-0.05, 0) is 31.1 Å². The molecule has 3 N–H and O–H groups in total. The van der Waals surface area contributed by atoms with E-state index in [1.54, 1.807) is 0 Å². The van der Waals surface area contributed by atoms with Crippen LogP contribution in [0.15, 0.2) is 6.20 Å². The molecule has 0 radical (unpaired) electrons. The van der Waals surface area contributed by atoms with E-state index < -0.39 is 0 Å². The fraction of sp³-hybridized carbons (Fsp3) is 0.833. The molecule has 0 bridgehead atoms. The summed E-state index contributed by atoms with van der Waals surface area (Å²) in [6.07, 6.45) is 3.97. The molecule has 1 aromatic heterocycles. The van der Waals surface area contributed by atoms with E-state index in [0.717, 1.165) is 19.4 Å². The Bertz CT molecular complexity index is 397. The first-order chi connectivity index (χ1) is 7.87. The Balaban J connectivity index is 2.10. The lowest BCUT2D eigenvalue weighted by Gasteiger charge is -2.38. The maximum Gasteiger partial charge on any atom is 0.108 e. The molecular formula is C12H22N4O. The van der Waals surface area contributed by atoms with Crippen molar-refractivity contribution in [2.24, 2.45) is 17.1 Å². The van der Waals surface area contributed by atoms with Crippen molar-refractivity contribution in [3.8, 4) is 0 Å². The van der Waals surface area contributed by atoms with Crippen molar-refractivity contribution in [1.29, 1.82) is 0 Å². The molecule has 17 heavy (non-hydrogen) atoms. The first kappa shape index (κ1) is 12.5. The van der Waals surface area contributed by atoms with Crippen LogP contribution in [0, 0.1) is 11.3 Å². The number of aromatic nitrogens is 3. The highest BCUT2D eigenvalue weighted by atomic mass is 16.3. The minimum atomic E-state index is -0.113. The Labute approximate surface area is 102 Å². The first-order valence-corrected chi connectivity index (χ1v) is 6.15. The van der Waals surface area contributed by atoms with Crippen LogP contribution in [0.5, 0.6) is 0 Å². The number of nitrogens with two attached hydrogens (primary N) is 1. The molecule has 96 valence electrons. The maximum atomic E-state index is 8.96. The lowest BCUT2D eigenvalue weighted by molar-refractivity contribution is 0.147. The van der Waals surface area contributed by atoms with Gasteiger partial charge in [0, 0.05) is 12.1 Å². The highest BCUT2D eigenvalue weighted by molar-refractivity contribution is 5.04. The van der Waals surface area contributed by atoms with Gasteiger partial charge in [0.15, 0.2) is 0 Å². The van der Waals surface area contributed by atoms with Crippen LogP contribution in [0.3, 0.4) is 0 Å². The maximum absolute atomic E-state index is 8.96. The van der Waals surface area contributed by atoms with Crippen LogP contribution < -0.4 is 5.73 Å². The fourth-order valence-corrected chi connectivity index (χ4v) is 2.67. The molecule has 5 heteroatoms. The zero-order valence-electron chi connectivity index (χ0n) is 10.8. The lowest BCUT2D eigenvalue weighted by atomic mass is 9.72. The predicted molar refractivity (Wildman–Crippen MR) is 65.0 cm³/mol. The van der Waals surface area contributed by atoms with E-state index in [4.69, 9.17) is 10.8 Å². The number of aliphatic hydroxyl groups excluding tert-OH is 1. The van der Waals surface area contributed by atoms with Crippen molar-refractivity contribution in [3.05, 3.63) is 11.9 Å². The van der Waals surface area contributed by atoms with Gasteiger partial charge in [0.2, 0.25) is 0 Å². The third kappa shape index (κ3) is 2.09. The van der Waals surface area contributed by atoms with E-state index in [1.807, 2.05) is 10.9 Å². The second kappa shape index (κ2) is 4.07. The topological polar surface area (TPSA) is 77.0 Å². The lowest BCUT2D eigenvalue weighted by Crippen LogP contribution is -2.48. The summed E-state index contributed by atoms with van der Waals surface area (Å²) in [6.45, 7) is 7.37. The van der Waals surface area contributed by atoms with Crippen molar-refractivity contribution in [2.75, 3.05) is 0 Å². The van der Waals surface area contributed by atoms with Crippen LogP contribution in [0.1, 0.15) is 39.3 Å². The van der Waals surface area contributed by atoms with E-state index in [0.29, 0.717) is 11.6 Å². The molecular weight excluding hydrogens is 216 g/mol. The van der Waals surface area contributed by atoms with Crippen molar-refractivity contribution < 1.29 is 5.11 Å². The summed E-state index contributed by atoms with van der Waals surface area (Å²) < 4.78 is 1.82. The summed E-state index contributed by atoms with van der Waals surface area (Å²) in [5, 5.41) is 16.9. The number of rotatable bonds is 3. The highest BCUT2D eigenvalue weighted by Gasteiger charge is 2.49. The molecule has 0 saturated heterocycles. The molecule has 0 aromatic carbocycles. The quantitative estimate of drug-likeness (QED) is 0.821. The minimum Gasteiger partial charge on any atom is -0.390 e. The van der Waals surface area contributed by atoms with Crippen LogP contribution in [-0.2, 0) is 13.2 Å². The van der Waals surface area contributed by atoms with Gasteiger partial charge in [0.05, 0.1) is 12.8 Å². The van der Waals surface area contributed by atoms with Crippen LogP contribution in [0.2, 0.25) is 0 Å². The molecule has 1 heterocycles. The predicted octanol–water partition coefficient (Wildman–Crippen LogP) is 0.924. The Morgan fingerprint density at radius 1 is 1.53 bits per heavy atom. The average Bonchev–Trinajstić information content (AvgIpc) is 2.77. The van der Waals surface area contributed by atoms with E-state index in [9.17, 15) is 0 Å². The third-order valence-electron chi connectivity index (χ3n) is 4.66. The van der Waals surface area contributed by atoms with Crippen molar-refractivity contribution in [1.82, 2.24) is 15.0 Å². The second-order valence-corrected chi connectivity index (χ2v) is 5.96. The largest absolute Gasteiger partial charge is 0.390 e. The highest BCUT2D eigenvalue weighted by Crippen LogP contribution is 2.49. The van der Waals surface area contributed by atoms with Crippen LogP contribution in [-0.4, -0.2) is 25.6 Å². The average molecular weight is 238 g/mol. The van der Waals surface area contributed by atoms with Gasteiger partial charge >= 0.3 is 0 Å². The number of hydrogen-bond acceptors (Lipinski definition) is 4. The molecule has 5 nitrogen and oxygen atoms in total. The Morgan fingerprint density at radius 2 is 2.24 bits per heavy atom. The smallest absolute Gasteiger partial charge is 0.108 e. The van der Waals surface area contributed by atoms with E-state index in [1.165, 1.54) is 0 Å². The summed E-state index contributed by atoms with van der Waals surface area (Å²) in [7, 11) is 0. The molecule has 0 aliphatic heterocycles. The van der Waals surface area contributed by atoms with Crippen LogP contribution in [0.25, 0.3) is 0 Å². The molecule has 2 atom stereocenters. The van der Waals surface area contributed by atoms with E-state index in [2.05, 4.69) is 31.1 Å². The van der Waals surface area contributed by atoms with E-state index in [-0.39, 0.29) is 17.6 Å². The van der Waals surface area contributed by atoms with E-state index >= 15 is 0 Å². The molecule has 1 aliphatic carbocycles. The summed E-state index contributed by atoms with van der Waals surface area (Å²) >= 11 is 0. The molecule has 1 aromatic rings. The standard InChI is InChI=1S/C12H22N4O/c1-11(2)9(4-5-12(11,3)13)6-16-7-10(8-17)14-15-16/h7,9,17H,4-6,8,13H2,1-3H3/t9-,12-/m1/s1. The fourth-order valence-electron chi connectivity index (χ4n) is 2.67. The van der Waals surface area contributed by atoms with Crippen molar-refractivity contribution >= 4 is 0 Å². The van der Waals surface area contributed by atoms with Gasteiger partial charge in [-0.2, -0.15) is 0 Å². The SMILES string of the molecule is CC1(C)[C@@H](Cn2cc(CO)nn2)CC[C@@]1(C)N. The Morgan fingerprint density at radius 3 is 2.71 bits per heavy atom. The monoisotopic (exact) mass is 238 g/mol. The zero-order chi connectivity index (χ0) is 12.7. The van der Waals surface area contributed by atoms with Gasteiger partial charge in [-0.25, -0.2) is 0 Å². The summed E-state index contributed by atoms with van der Waals surface area (Å²) in [4.78, 5) is 0. The second-order valence-electron chi connectivity index (χ2n) is 5.96.